The van der Waals surface area contributed by atoms with E-state index < -0.39 is 0 Å². The van der Waals surface area contributed by atoms with Crippen molar-refractivity contribution >= 4 is 37.1 Å². The molecule has 5 aromatic rings. The zero-order valence-corrected chi connectivity index (χ0v) is 24.4. The van der Waals surface area contributed by atoms with E-state index in [1.54, 1.807) is 0 Å². The second-order valence-electron chi connectivity index (χ2n) is 8.19. The summed E-state index contributed by atoms with van der Waals surface area (Å²) in [5, 5.41) is 5.89. The molecule has 0 atom stereocenters. The summed E-state index contributed by atoms with van der Waals surface area (Å²) in [7, 11) is -0.696. The minimum atomic E-state index is -0.348. The Morgan fingerprint density at radius 3 is 0.973 bits per heavy atom. The third-order valence-corrected chi connectivity index (χ3v) is 11.1. The Balaban J connectivity index is 0.000000466. The smallest absolute Gasteiger partial charge is 1.00 e. The van der Waals surface area contributed by atoms with Gasteiger partial charge in [0, 0.05) is 0 Å². The molecular formula is C33H31ClNiP2. The van der Waals surface area contributed by atoms with Crippen LogP contribution in [-0.4, -0.2) is 12.3 Å². The maximum Gasteiger partial charge on any atom is 2.00 e. The maximum atomic E-state index is 3.03. The molecule has 0 heterocycles. The van der Waals surface area contributed by atoms with Gasteiger partial charge in [-0.05, 0) is 49.4 Å². The molecule has 0 aliphatic carbocycles. The Labute approximate surface area is 241 Å². The normalized spacial score (nSPS) is 10.0. The fourth-order valence-corrected chi connectivity index (χ4v) is 9.29. The number of rotatable bonds is 7. The predicted octanol–water partition coefficient (Wildman–Crippen LogP) is 4.05. The van der Waals surface area contributed by atoms with E-state index in [1.165, 1.54) is 39.1 Å². The largest absolute Gasteiger partial charge is 2.00 e. The summed E-state index contributed by atoms with van der Waals surface area (Å²) >= 11 is 0. The third kappa shape index (κ3) is 9.85. The van der Waals surface area contributed by atoms with Gasteiger partial charge in [0.15, 0.2) is 0 Å². The fraction of sp³-hybridized carbons (Fsp3) is 0.0909. The summed E-state index contributed by atoms with van der Waals surface area (Å²) in [6.45, 7) is 2.03. The van der Waals surface area contributed by atoms with Crippen LogP contribution in [0.1, 0.15) is 5.56 Å². The first-order chi connectivity index (χ1) is 17.3. The molecule has 0 bridgehead atoms. The molecule has 0 amide bonds. The van der Waals surface area contributed by atoms with Crippen molar-refractivity contribution in [3.8, 4) is 0 Å². The van der Waals surface area contributed by atoms with Crippen molar-refractivity contribution in [1.82, 2.24) is 0 Å². The summed E-state index contributed by atoms with van der Waals surface area (Å²) in [4.78, 5) is 0. The van der Waals surface area contributed by atoms with Gasteiger partial charge >= 0.3 is 16.5 Å². The number of benzene rings is 5. The van der Waals surface area contributed by atoms with Crippen LogP contribution in [0.15, 0.2) is 146 Å². The van der Waals surface area contributed by atoms with Crippen molar-refractivity contribution in [2.24, 2.45) is 0 Å². The summed E-state index contributed by atoms with van der Waals surface area (Å²) in [5.41, 5.74) is 1.20. The van der Waals surface area contributed by atoms with Crippen LogP contribution in [0.3, 0.4) is 0 Å². The van der Waals surface area contributed by atoms with Gasteiger partial charge in [-0.2, -0.15) is 35.9 Å². The average Bonchev–Trinajstić information content (AvgIpc) is 2.94. The van der Waals surface area contributed by atoms with Gasteiger partial charge in [-0.3, -0.25) is 0 Å². The standard InChI is InChI=1S/C26H24P2.C7H7.ClH.Ni/c1-5-13-23(14-6-1)27(24-15-7-2-8-16-24)21-22-28(25-17-9-3-10-18-25)26-19-11-4-12-20-26;1-7-5-3-2-4-6-7;;/h1-20H,21-22H2;2-5H,1H3;1H;/q;-1;;+2/p-1. The molecule has 0 aliphatic rings. The molecular weight excluding hydrogens is 552 g/mol. The van der Waals surface area contributed by atoms with Crippen molar-refractivity contribution in [2.75, 3.05) is 12.3 Å². The third-order valence-electron chi connectivity index (χ3n) is 5.68. The topological polar surface area (TPSA) is 0 Å². The molecule has 0 radical (unpaired) electrons. The molecule has 0 fully saturated rings. The van der Waals surface area contributed by atoms with Crippen molar-refractivity contribution in [1.29, 1.82) is 0 Å². The summed E-state index contributed by atoms with van der Waals surface area (Å²) in [5.74, 6) is 0. The van der Waals surface area contributed by atoms with Gasteiger partial charge < -0.3 is 12.4 Å². The van der Waals surface area contributed by atoms with Crippen LogP contribution < -0.4 is 33.6 Å². The molecule has 0 aromatic heterocycles. The first kappa shape index (κ1) is 31.0. The first-order valence-corrected chi connectivity index (χ1v) is 15.1. The SMILES string of the molecule is Cc1[c-]cccc1.[Cl-].[Ni+2].c1ccc(P(CCP(c2ccccc2)c2ccccc2)c2ccccc2)cc1. The number of aryl methyl sites for hydroxylation is 1. The van der Waals surface area contributed by atoms with Gasteiger partial charge in [0.05, 0.1) is 0 Å². The van der Waals surface area contributed by atoms with E-state index in [2.05, 4.69) is 127 Å². The molecule has 5 aromatic carbocycles. The molecule has 0 aliphatic heterocycles. The van der Waals surface area contributed by atoms with Crippen LogP contribution in [-0.2, 0) is 16.5 Å². The molecule has 5 rings (SSSR count). The van der Waals surface area contributed by atoms with E-state index in [4.69, 9.17) is 0 Å². The first-order valence-electron chi connectivity index (χ1n) is 12.0. The van der Waals surface area contributed by atoms with Gasteiger partial charge in [-0.1, -0.05) is 128 Å². The maximum absolute atomic E-state index is 3.03. The Morgan fingerprint density at radius 2 is 0.757 bits per heavy atom. The molecule has 0 saturated heterocycles. The van der Waals surface area contributed by atoms with E-state index in [1.807, 2.05) is 31.2 Å². The Hall–Kier alpha value is -2.26. The predicted molar refractivity (Wildman–Crippen MR) is 158 cm³/mol. The molecule has 4 heteroatoms. The average molecular weight is 584 g/mol. The second-order valence-corrected chi connectivity index (χ2v) is 12.9. The minimum Gasteiger partial charge on any atom is -1.00 e. The van der Waals surface area contributed by atoms with Crippen molar-refractivity contribution in [3.63, 3.8) is 0 Å². The molecule has 0 nitrogen and oxygen atoms in total. The zero-order chi connectivity index (χ0) is 24.1. The Kier molecular flexibility index (Phi) is 14.5. The summed E-state index contributed by atoms with van der Waals surface area (Å²) < 4.78 is 0. The van der Waals surface area contributed by atoms with E-state index in [0.29, 0.717) is 0 Å². The molecule has 0 N–H and O–H groups in total. The van der Waals surface area contributed by atoms with Crippen LogP contribution in [0.25, 0.3) is 0 Å². The number of hydrogen-bond donors (Lipinski definition) is 0. The van der Waals surface area contributed by atoms with Crippen LogP contribution >= 0.6 is 15.8 Å². The van der Waals surface area contributed by atoms with Crippen LogP contribution in [0.2, 0.25) is 0 Å². The minimum absolute atomic E-state index is 0. The van der Waals surface area contributed by atoms with E-state index in [-0.39, 0.29) is 44.7 Å². The zero-order valence-electron chi connectivity index (χ0n) is 20.9. The molecule has 0 unspecified atom stereocenters. The molecule has 37 heavy (non-hydrogen) atoms. The number of hydrogen-bond acceptors (Lipinski definition) is 0. The molecule has 0 spiro atoms. The van der Waals surface area contributed by atoms with E-state index >= 15 is 0 Å². The van der Waals surface area contributed by atoms with Gasteiger partial charge in [-0.25, -0.2) is 0 Å². The van der Waals surface area contributed by atoms with Gasteiger partial charge in [0.2, 0.25) is 0 Å². The van der Waals surface area contributed by atoms with Gasteiger partial charge in [0.1, 0.15) is 0 Å². The van der Waals surface area contributed by atoms with Gasteiger partial charge in [-0.15, -0.1) is 0 Å². The summed E-state index contributed by atoms with van der Waals surface area (Å²) in [6, 6.07) is 55.2. The van der Waals surface area contributed by atoms with Gasteiger partial charge in [0.25, 0.3) is 0 Å². The molecule has 190 valence electrons. The van der Waals surface area contributed by atoms with E-state index in [9.17, 15) is 0 Å². The van der Waals surface area contributed by atoms with Crippen LogP contribution in [0.5, 0.6) is 0 Å². The van der Waals surface area contributed by atoms with E-state index in [0.717, 1.165) is 0 Å². The molecule has 0 saturated carbocycles. The van der Waals surface area contributed by atoms with Crippen molar-refractivity contribution in [3.05, 3.63) is 157 Å². The van der Waals surface area contributed by atoms with Crippen LogP contribution in [0.4, 0.5) is 0 Å². The monoisotopic (exact) mass is 582 g/mol. The second kappa shape index (κ2) is 17.3. The van der Waals surface area contributed by atoms with Crippen molar-refractivity contribution < 1.29 is 28.9 Å². The number of halogens is 1. The quantitative estimate of drug-likeness (QED) is 0.154. The van der Waals surface area contributed by atoms with Crippen molar-refractivity contribution in [2.45, 2.75) is 6.92 Å². The van der Waals surface area contributed by atoms with Crippen LogP contribution in [0, 0.1) is 13.0 Å². The Bertz CT molecular complexity index is 1080. The Morgan fingerprint density at radius 1 is 0.459 bits per heavy atom. The fourth-order valence-electron chi connectivity index (χ4n) is 3.93. The summed E-state index contributed by atoms with van der Waals surface area (Å²) in [6.07, 6.45) is 2.41.